The second-order valence-electron chi connectivity index (χ2n) is 5.26. The fraction of sp³-hybridized carbons (Fsp3) is 0.0556. The van der Waals surface area contributed by atoms with Crippen LogP contribution in [0, 0.1) is 4.77 Å². The summed E-state index contributed by atoms with van der Waals surface area (Å²) < 4.78 is 7.69. The molecule has 6 heteroatoms. The third-order valence-corrected chi connectivity index (χ3v) is 4.16. The summed E-state index contributed by atoms with van der Waals surface area (Å²) in [5.41, 5.74) is 2.81. The lowest BCUT2D eigenvalue weighted by molar-refractivity contribution is 0.415. The second kappa shape index (κ2) is 5.90. The van der Waals surface area contributed by atoms with Crippen molar-refractivity contribution >= 4 is 23.1 Å². The van der Waals surface area contributed by atoms with Crippen LogP contribution in [0.25, 0.3) is 28.0 Å². The lowest BCUT2D eigenvalue weighted by atomic mass is 10.1. The quantitative estimate of drug-likeness (QED) is 0.572. The third kappa shape index (κ3) is 2.37. The first kappa shape index (κ1) is 14.6. The third-order valence-electron chi connectivity index (χ3n) is 3.88. The molecule has 2 heterocycles. The molecule has 0 bridgehead atoms. The summed E-state index contributed by atoms with van der Waals surface area (Å²) in [6, 6.07) is 17.7. The summed E-state index contributed by atoms with van der Waals surface area (Å²) in [4.78, 5) is 4.41. The smallest absolute Gasteiger partial charge is 0.200 e. The molecule has 0 saturated heterocycles. The van der Waals surface area contributed by atoms with E-state index in [1.807, 2.05) is 59.2 Å². The molecule has 1 N–H and O–H groups in total. The van der Waals surface area contributed by atoms with E-state index in [-0.39, 0.29) is 0 Å². The molecule has 0 fully saturated rings. The Kier molecular flexibility index (Phi) is 3.59. The molecular formula is C18H14N4OS. The largest absolute Gasteiger partial charge is 0.497 e. The summed E-state index contributed by atoms with van der Waals surface area (Å²) in [6.07, 6.45) is 1.78. The maximum Gasteiger partial charge on any atom is 0.200 e. The van der Waals surface area contributed by atoms with Crippen molar-refractivity contribution in [3.05, 3.63) is 65.6 Å². The van der Waals surface area contributed by atoms with Crippen molar-refractivity contribution in [2.75, 3.05) is 7.11 Å². The first-order valence-corrected chi connectivity index (χ1v) is 7.85. The number of aromatic amines is 1. The topological polar surface area (TPSA) is 55.7 Å². The molecule has 24 heavy (non-hydrogen) atoms. The molecule has 5 nitrogen and oxygen atoms in total. The predicted molar refractivity (Wildman–Crippen MR) is 96.0 cm³/mol. The Morgan fingerprint density at radius 3 is 2.67 bits per heavy atom. The van der Waals surface area contributed by atoms with Crippen molar-refractivity contribution in [1.82, 2.24) is 19.7 Å². The molecule has 0 spiro atoms. The molecule has 2 aromatic heterocycles. The standard InChI is InChI=1S/C18H14N4OS/c1-23-13-9-7-12(8-10-13)17-20-21-18(24)22(17)16-6-2-5-15-14(16)4-3-11-19-15/h2-11H,1H3,(H,21,24). The van der Waals surface area contributed by atoms with Gasteiger partial charge in [-0.25, -0.2) is 0 Å². The normalized spacial score (nSPS) is 10.9. The number of rotatable bonds is 3. The number of aromatic nitrogens is 4. The Morgan fingerprint density at radius 1 is 1.04 bits per heavy atom. The lowest BCUT2D eigenvalue weighted by Gasteiger charge is -2.10. The van der Waals surface area contributed by atoms with Gasteiger partial charge in [-0.15, -0.1) is 0 Å². The first-order valence-electron chi connectivity index (χ1n) is 7.44. The highest BCUT2D eigenvalue weighted by Crippen LogP contribution is 2.27. The van der Waals surface area contributed by atoms with Gasteiger partial charge in [0.25, 0.3) is 0 Å². The molecule has 0 aliphatic heterocycles. The minimum absolute atomic E-state index is 0.539. The molecule has 0 unspecified atom stereocenters. The van der Waals surface area contributed by atoms with E-state index in [0.29, 0.717) is 4.77 Å². The zero-order chi connectivity index (χ0) is 16.5. The molecule has 0 aliphatic rings. The highest BCUT2D eigenvalue weighted by atomic mass is 32.1. The van der Waals surface area contributed by atoms with Gasteiger partial charge in [0.2, 0.25) is 0 Å². The van der Waals surface area contributed by atoms with Crippen LogP contribution in [0.3, 0.4) is 0 Å². The Balaban J connectivity index is 1.95. The van der Waals surface area contributed by atoms with Gasteiger partial charge >= 0.3 is 0 Å². The number of nitrogens with one attached hydrogen (secondary N) is 1. The molecule has 0 aliphatic carbocycles. The number of pyridine rings is 1. The van der Waals surface area contributed by atoms with Crippen molar-refractivity contribution in [2.45, 2.75) is 0 Å². The van der Waals surface area contributed by atoms with Crippen molar-refractivity contribution in [1.29, 1.82) is 0 Å². The van der Waals surface area contributed by atoms with Gasteiger partial charge in [0.05, 0.1) is 18.3 Å². The summed E-state index contributed by atoms with van der Waals surface area (Å²) in [7, 11) is 1.65. The van der Waals surface area contributed by atoms with Gasteiger partial charge in [0.15, 0.2) is 10.6 Å². The monoisotopic (exact) mass is 334 g/mol. The number of hydrogen-bond acceptors (Lipinski definition) is 4. The van der Waals surface area contributed by atoms with Crippen LogP contribution >= 0.6 is 12.2 Å². The number of H-pyrrole nitrogens is 1. The van der Waals surface area contributed by atoms with Gasteiger partial charge in [0, 0.05) is 17.1 Å². The van der Waals surface area contributed by atoms with Crippen molar-refractivity contribution in [3.63, 3.8) is 0 Å². The summed E-state index contributed by atoms with van der Waals surface area (Å²) in [6.45, 7) is 0. The van der Waals surface area contributed by atoms with Crippen molar-refractivity contribution in [3.8, 4) is 22.8 Å². The average molecular weight is 334 g/mol. The van der Waals surface area contributed by atoms with E-state index < -0.39 is 0 Å². The van der Waals surface area contributed by atoms with Gasteiger partial charge < -0.3 is 4.74 Å². The van der Waals surface area contributed by atoms with Crippen LogP contribution in [0.15, 0.2) is 60.8 Å². The molecule has 0 radical (unpaired) electrons. The van der Waals surface area contributed by atoms with Crippen LogP contribution in [0.4, 0.5) is 0 Å². The van der Waals surface area contributed by atoms with E-state index >= 15 is 0 Å². The molecule has 118 valence electrons. The summed E-state index contributed by atoms with van der Waals surface area (Å²) in [5.74, 6) is 1.55. The van der Waals surface area contributed by atoms with E-state index in [1.165, 1.54) is 0 Å². The van der Waals surface area contributed by atoms with Crippen LogP contribution in [-0.2, 0) is 0 Å². The van der Waals surface area contributed by atoms with Crippen LogP contribution < -0.4 is 4.74 Å². The van der Waals surface area contributed by atoms with E-state index in [4.69, 9.17) is 17.0 Å². The average Bonchev–Trinajstić information content (AvgIpc) is 3.02. The van der Waals surface area contributed by atoms with Crippen LogP contribution in [0.5, 0.6) is 5.75 Å². The molecule has 4 aromatic rings. The number of methoxy groups -OCH3 is 1. The van der Waals surface area contributed by atoms with Gasteiger partial charge in [-0.1, -0.05) is 6.07 Å². The number of nitrogens with zero attached hydrogens (tertiary/aromatic N) is 3. The fourth-order valence-electron chi connectivity index (χ4n) is 2.74. The van der Waals surface area contributed by atoms with E-state index in [9.17, 15) is 0 Å². The lowest BCUT2D eigenvalue weighted by Crippen LogP contribution is -1.99. The molecule has 0 atom stereocenters. The van der Waals surface area contributed by atoms with Crippen LogP contribution in [0.2, 0.25) is 0 Å². The minimum Gasteiger partial charge on any atom is -0.497 e. The second-order valence-corrected chi connectivity index (χ2v) is 5.65. The minimum atomic E-state index is 0.539. The SMILES string of the molecule is COc1ccc(-c2n[nH]c(=S)n2-c2cccc3ncccc23)cc1. The summed E-state index contributed by atoms with van der Waals surface area (Å²) >= 11 is 5.47. The Labute approximate surface area is 143 Å². The highest BCUT2D eigenvalue weighted by Gasteiger charge is 2.13. The number of benzene rings is 2. The van der Waals surface area contributed by atoms with Gasteiger partial charge in [-0.05, 0) is 60.7 Å². The zero-order valence-electron chi connectivity index (χ0n) is 12.9. The van der Waals surface area contributed by atoms with Gasteiger partial charge in [0.1, 0.15) is 5.75 Å². The zero-order valence-corrected chi connectivity index (χ0v) is 13.7. The Hall–Kier alpha value is -2.99. The van der Waals surface area contributed by atoms with Crippen molar-refractivity contribution < 1.29 is 4.74 Å². The summed E-state index contributed by atoms with van der Waals surface area (Å²) in [5, 5.41) is 8.32. The fourth-order valence-corrected chi connectivity index (χ4v) is 2.97. The molecule has 4 rings (SSSR count). The molecule has 0 saturated carbocycles. The van der Waals surface area contributed by atoms with Gasteiger partial charge in [-0.3, -0.25) is 14.6 Å². The maximum absolute atomic E-state index is 5.47. The van der Waals surface area contributed by atoms with Gasteiger partial charge in [-0.2, -0.15) is 5.10 Å². The van der Waals surface area contributed by atoms with Crippen LogP contribution in [-0.4, -0.2) is 26.9 Å². The van der Waals surface area contributed by atoms with E-state index in [0.717, 1.165) is 33.7 Å². The highest BCUT2D eigenvalue weighted by molar-refractivity contribution is 7.71. The first-order chi connectivity index (χ1) is 11.8. The van der Waals surface area contributed by atoms with E-state index in [1.54, 1.807) is 13.3 Å². The maximum atomic E-state index is 5.47. The van der Waals surface area contributed by atoms with Crippen molar-refractivity contribution in [2.24, 2.45) is 0 Å². The molecule has 0 amide bonds. The van der Waals surface area contributed by atoms with E-state index in [2.05, 4.69) is 15.2 Å². The molecule has 2 aromatic carbocycles. The predicted octanol–water partition coefficient (Wildman–Crippen LogP) is 4.15. The van der Waals surface area contributed by atoms with Crippen LogP contribution in [0.1, 0.15) is 0 Å². The Morgan fingerprint density at radius 2 is 1.88 bits per heavy atom. The Bertz CT molecular complexity index is 1060. The number of hydrogen-bond donors (Lipinski definition) is 1. The number of ether oxygens (including phenoxy) is 1. The molecular weight excluding hydrogens is 320 g/mol. The number of fused-ring (bicyclic) bond motifs is 1.